The maximum atomic E-state index is 3.62. The van der Waals surface area contributed by atoms with E-state index in [0.29, 0.717) is 0 Å². The lowest BCUT2D eigenvalue weighted by atomic mass is 9.79. The van der Waals surface area contributed by atoms with Crippen LogP contribution in [0.1, 0.15) is 39.0 Å². The molecule has 1 aliphatic heterocycles. The Kier molecular flexibility index (Phi) is 5.93. The van der Waals surface area contributed by atoms with Gasteiger partial charge < -0.3 is 15.5 Å². The predicted octanol–water partition coefficient (Wildman–Crippen LogP) is 1.70. The first-order chi connectivity index (χ1) is 8.81. The summed E-state index contributed by atoms with van der Waals surface area (Å²) < 4.78 is 0. The van der Waals surface area contributed by atoms with E-state index in [1.165, 1.54) is 64.8 Å². The molecule has 18 heavy (non-hydrogen) atoms. The van der Waals surface area contributed by atoms with Gasteiger partial charge in [0.25, 0.3) is 0 Å². The Labute approximate surface area is 113 Å². The molecule has 0 aromatic heterocycles. The average Bonchev–Trinajstić information content (AvgIpc) is 2.42. The van der Waals surface area contributed by atoms with Crippen LogP contribution < -0.4 is 10.6 Å². The Balaban J connectivity index is 1.81. The van der Waals surface area contributed by atoms with Crippen LogP contribution in [0.2, 0.25) is 0 Å². The minimum absolute atomic E-state index is 0.722. The van der Waals surface area contributed by atoms with E-state index in [4.69, 9.17) is 0 Å². The van der Waals surface area contributed by atoms with Gasteiger partial charge >= 0.3 is 0 Å². The molecule has 3 heteroatoms. The van der Waals surface area contributed by atoms with Gasteiger partial charge in [0.05, 0.1) is 0 Å². The van der Waals surface area contributed by atoms with Crippen LogP contribution in [0.4, 0.5) is 0 Å². The number of rotatable bonds is 5. The monoisotopic (exact) mass is 253 g/mol. The lowest BCUT2D eigenvalue weighted by Gasteiger charge is -2.37. The highest BCUT2D eigenvalue weighted by molar-refractivity contribution is 4.84. The number of nitrogens with one attached hydrogen (secondary N) is 2. The quantitative estimate of drug-likeness (QED) is 0.781. The second-order valence-electron chi connectivity index (χ2n) is 6.24. The summed E-state index contributed by atoms with van der Waals surface area (Å²) in [7, 11) is 2.16. The number of hydrogen-bond acceptors (Lipinski definition) is 3. The maximum Gasteiger partial charge on any atom is 0.0130 e. The van der Waals surface area contributed by atoms with E-state index in [-0.39, 0.29) is 0 Å². The molecule has 2 N–H and O–H groups in total. The Morgan fingerprint density at radius 3 is 2.44 bits per heavy atom. The Hall–Kier alpha value is -0.120. The fraction of sp³-hybridized carbons (Fsp3) is 1.00. The summed E-state index contributed by atoms with van der Waals surface area (Å²) >= 11 is 0. The van der Waals surface area contributed by atoms with Crippen LogP contribution in [0.3, 0.4) is 0 Å². The van der Waals surface area contributed by atoms with E-state index in [0.717, 1.165) is 17.9 Å². The van der Waals surface area contributed by atoms with Crippen LogP contribution in [0.25, 0.3) is 0 Å². The zero-order valence-electron chi connectivity index (χ0n) is 12.3. The normalized spacial score (nSPS) is 27.0. The van der Waals surface area contributed by atoms with E-state index in [9.17, 15) is 0 Å². The summed E-state index contributed by atoms with van der Waals surface area (Å²) in [6.07, 6.45) is 7.24. The Bertz CT molecular complexity index is 220. The molecule has 1 heterocycles. The molecule has 106 valence electrons. The summed E-state index contributed by atoms with van der Waals surface area (Å²) in [5, 5.41) is 7.06. The molecule has 1 saturated carbocycles. The van der Waals surface area contributed by atoms with E-state index in [1.807, 2.05) is 0 Å². The second kappa shape index (κ2) is 7.46. The zero-order valence-corrected chi connectivity index (χ0v) is 12.3. The van der Waals surface area contributed by atoms with Gasteiger partial charge in [0.15, 0.2) is 0 Å². The van der Waals surface area contributed by atoms with Crippen molar-refractivity contribution in [1.82, 2.24) is 15.5 Å². The molecule has 2 aliphatic rings. The van der Waals surface area contributed by atoms with Crippen molar-refractivity contribution in [1.29, 1.82) is 0 Å². The molecule has 2 atom stereocenters. The van der Waals surface area contributed by atoms with E-state index in [1.54, 1.807) is 0 Å². The predicted molar refractivity (Wildman–Crippen MR) is 77.9 cm³/mol. The zero-order chi connectivity index (χ0) is 12.8. The number of nitrogens with zero attached hydrogens (tertiary/aromatic N) is 1. The van der Waals surface area contributed by atoms with Crippen molar-refractivity contribution in [2.45, 2.75) is 45.1 Å². The first kappa shape index (κ1) is 14.3. The molecule has 0 aromatic rings. The second-order valence-corrected chi connectivity index (χ2v) is 6.24. The Morgan fingerprint density at radius 1 is 1.17 bits per heavy atom. The van der Waals surface area contributed by atoms with Crippen LogP contribution in [0.5, 0.6) is 0 Å². The van der Waals surface area contributed by atoms with Gasteiger partial charge in [-0.15, -0.1) is 0 Å². The molecule has 0 amide bonds. The first-order valence-corrected chi connectivity index (χ1v) is 7.91. The van der Waals surface area contributed by atoms with Gasteiger partial charge in [-0.3, -0.25) is 0 Å². The third-order valence-electron chi connectivity index (χ3n) is 4.86. The molecule has 2 rings (SSSR count). The van der Waals surface area contributed by atoms with Crippen molar-refractivity contribution in [2.75, 3.05) is 39.8 Å². The summed E-state index contributed by atoms with van der Waals surface area (Å²) in [6.45, 7) is 8.50. The molecule has 0 bridgehead atoms. The van der Waals surface area contributed by atoms with Crippen LogP contribution in [-0.2, 0) is 0 Å². The van der Waals surface area contributed by atoms with Crippen LogP contribution in [-0.4, -0.2) is 50.7 Å². The Morgan fingerprint density at radius 2 is 1.83 bits per heavy atom. The molecule has 0 aromatic carbocycles. The maximum absolute atomic E-state index is 3.62. The summed E-state index contributed by atoms with van der Waals surface area (Å²) in [5.74, 6) is 1.69. The molecular formula is C15H31N3. The lowest BCUT2D eigenvalue weighted by Crippen LogP contribution is -2.49. The molecule has 0 spiro atoms. The van der Waals surface area contributed by atoms with Gasteiger partial charge in [0.1, 0.15) is 0 Å². The van der Waals surface area contributed by atoms with Crippen LogP contribution in [0, 0.1) is 11.8 Å². The topological polar surface area (TPSA) is 27.3 Å². The lowest BCUT2D eigenvalue weighted by molar-refractivity contribution is 0.155. The first-order valence-electron chi connectivity index (χ1n) is 7.91. The van der Waals surface area contributed by atoms with E-state index in [2.05, 4.69) is 29.5 Å². The molecular weight excluding hydrogens is 222 g/mol. The SMILES string of the molecule is CNC(C(C)CN1CCNCC1)C1CCCCC1. The molecule has 1 aliphatic carbocycles. The highest BCUT2D eigenvalue weighted by atomic mass is 15.2. The van der Waals surface area contributed by atoms with Crippen LogP contribution in [0.15, 0.2) is 0 Å². The van der Waals surface area contributed by atoms with Gasteiger partial charge in [-0.25, -0.2) is 0 Å². The third-order valence-corrected chi connectivity index (χ3v) is 4.86. The smallest absolute Gasteiger partial charge is 0.0130 e. The van der Waals surface area contributed by atoms with Gasteiger partial charge in [0, 0.05) is 38.8 Å². The minimum atomic E-state index is 0.722. The standard InChI is InChI=1S/C15H31N3/c1-13(12-18-10-8-17-9-11-18)15(16-2)14-6-4-3-5-7-14/h13-17H,3-12H2,1-2H3. The number of piperazine rings is 1. The van der Waals surface area contributed by atoms with Gasteiger partial charge in [-0.1, -0.05) is 26.2 Å². The van der Waals surface area contributed by atoms with Crippen molar-refractivity contribution in [3.8, 4) is 0 Å². The summed E-state index contributed by atoms with van der Waals surface area (Å²) in [4.78, 5) is 2.63. The fourth-order valence-electron chi connectivity index (χ4n) is 3.89. The number of hydrogen-bond donors (Lipinski definition) is 2. The van der Waals surface area contributed by atoms with Crippen molar-refractivity contribution >= 4 is 0 Å². The highest BCUT2D eigenvalue weighted by Gasteiger charge is 2.28. The third kappa shape index (κ3) is 3.94. The highest BCUT2D eigenvalue weighted by Crippen LogP contribution is 2.29. The molecule has 1 saturated heterocycles. The van der Waals surface area contributed by atoms with Crippen molar-refractivity contribution in [2.24, 2.45) is 11.8 Å². The van der Waals surface area contributed by atoms with Gasteiger partial charge in [-0.05, 0) is 31.7 Å². The van der Waals surface area contributed by atoms with E-state index < -0.39 is 0 Å². The summed E-state index contributed by atoms with van der Waals surface area (Å²) in [5.41, 5.74) is 0. The minimum Gasteiger partial charge on any atom is -0.316 e. The molecule has 0 radical (unpaired) electrons. The van der Waals surface area contributed by atoms with Crippen molar-refractivity contribution in [3.63, 3.8) is 0 Å². The van der Waals surface area contributed by atoms with Gasteiger partial charge in [0.2, 0.25) is 0 Å². The summed E-state index contributed by atoms with van der Waals surface area (Å²) in [6, 6.07) is 0.722. The molecule has 2 unspecified atom stereocenters. The van der Waals surface area contributed by atoms with Crippen molar-refractivity contribution in [3.05, 3.63) is 0 Å². The molecule has 2 fully saturated rings. The average molecular weight is 253 g/mol. The fourth-order valence-corrected chi connectivity index (χ4v) is 3.89. The van der Waals surface area contributed by atoms with Crippen molar-refractivity contribution < 1.29 is 0 Å². The van der Waals surface area contributed by atoms with Crippen LogP contribution >= 0.6 is 0 Å². The molecule has 3 nitrogen and oxygen atoms in total. The van der Waals surface area contributed by atoms with Gasteiger partial charge in [-0.2, -0.15) is 0 Å². The largest absolute Gasteiger partial charge is 0.316 e. The van der Waals surface area contributed by atoms with E-state index >= 15 is 0 Å².